The first-order chi connectivity index (χ1) is 9.88. The van der Waals surface area contributed by atoms with E-state index in [-0.39, 0.29) is 29.8 Å². The van der Waals surface area contributed by atoms with Crippen molar-refractivity contribution in [3.63, 3.8) is 0 Å². The van der Waals surface area contributed by atoms with Gasteiger partial charge in [-0.05, 0) is 12.3 Å². The van der Waals surface area contributed by atoms with Gasteiger partial charge in [0, 0.05) is 6.07 Å². The van der Waals surface area contributed by atoms with E-state index in [2.05, 4.69) is 5.32 Å². The molecule has 114 valence electrons. The van der Waals surface area contributed by atoms with Crippen molar-refractivity contribution in [2.45, 2.75) is 26.3 Å². The van der Waals surface area contributed by atoms with Gasteiger partial charge in [0.05, 0.1) is 17.0 Å². The van der Waals surface area contributed by atoms with Crippen LogP contribution in [0.2, 0.25) is 0 Å². The fourth-order valence-corrected chi connectivity index (χ4v) is 2.02. The number of benzene rings is 1. The molecule has 0 unspecified atom stereocenters. The molecule has 1 aromatic carbocycles. The van der Waals surface area contributed by atoms with Gasteiger partial charge in [-0.2, -0.15) is 0 Å². The third kappa shape index (κ3) is 3.40. The normalized spacial score (nSPS) is 14.1. The van der Waals surface area contributed by atoms with E-state index in [1.165, 1.54) is 12.1 Å². The second-order valence-electron chi connectivity index (χ2n) is 5.21. The quantitative estimate of drug-likeness (QED) is 0.630. The number of nitrogens with two attached hydrogens (primary N) is 1. The van der Waals surface area contributed by atoms with E-state index in [0.717, 1.165) is 0 Å². The van der Waals surface area contributed by atoms with Crippen LogP contribution in [0.3, 0.4) is 0 Å². The molecule has 1 amide bonds. The number of fused-ring (bicyclic) bond motifs is 1. The molecule has 2 rings (SSSR count). The summed E-state index contributed by atoms with van der Waals surface area (Å²) in [7, 11) is 0. The number of rotatable bonds is 5. The van der Waals surface area contributed by atoms with Crippen LogP contribution in [0.5, 0.6) is 11.5 Å². The summed E-state index contributed by atoms with van der Waals surface area (Å²) in [5.74, 6) is 0.419. The lowest BCUT2D eigenvalue weighted by molar-refractivity contribution is -0.384. The highest BCUT2D eigenvalue weighted by Crippen LogP contribution is 2.40. The predicted molar refractivity (Wildman–Crippen MR) is 75.3 cm³/mol. The van der Waals surface area contributed by atoms with Crippen molar-refractivity contribution in [3.8, 4) is 11.5 Å². The van der Waals surface area contributed by atoms with Crippen molar-refractivity contribution in [1.29, 1.82) is 0 Å². The zero-order chi connectivity index (χ0) is 15.6. The van der Waals surface area contributed by atoms with Gasteiger partial charge < -0.3 is 20.5 Å². The Morgan fingerprint density at radius 3 is 2.62 bits per heavy atom. The zero-order valence-electron chi connectivity index (χ0n) is 11.8. The van der Waals surface area contributed by atoms with Gasteiger partial charge in [-0.1, -0.05) is 13.8 Å². The third-order valence-corrected chi connectivity index (χ3v) is 3.01. The molecule has 21 heavy (non-hydrogen) atoms. The molecule has 0 aromatic heterocycles. The highest BCUT2D eigenvalue weighted by atomic mass is 16.7. The Morgan fingerprint density at radius 2 is 2.05 bits per heavy atom. The second-order valence-corrected chi connectivity index (χ2v) is 5.21. The molecule has 1 heterocycles. The molecule has 1 aromatic rings. The fraction of sp³-hybridized carbons (Fsp3) is 0.462. The maximum Gasteiger partial charge on any atom is 0.296 e. The number of amides is 1. The van der Waals surface area contributed by atoms with Gasteiger partial charge in [0.1, 0.15) is 5.69 Å². The monoisotopic (exact) mass is 295 g/mol. The number of carbonyl (C=O) groups excluding carboxylic acids is 1. The SMILES string of the molecule is CC(C)C[C@@H](N)C(=O)Nc1cc2c(cc1[N+](=O)[O-])OCO2. The molecule has 0 saturated heterocycles. The van der Waals surface area contributed by atoms with Gasteiger partial charge in [0.25, 0.3) is 5.69 Å². The van der Waals surface area contributed by atoms with E-state index >= 15 is 0 Å². The van der Waals surface area contributed by atoms with Crippen molar-refractivity contribution in [3.05, 3.63) is 22.2 Å². The third-order valence-electron chi connectivity index (χ3n) is 3.01. The maximum absolute atomic E-state index is 12.0. The van der Waals surface area contributed by atoms with E-state index < -0.39 is 16.9 Å². The fourth-order valence-electron chi connectivity index (χ4n) is 2.02. The number of nitro groups is 1. The second kappa shape index (κ2) is 5.96. The van der Waals surface area contributed by atoms with Gasteiger partial charge in [-0.15, -0.1) is 0 Å². The number of carbonyl (C=O) groups is 1. The van der Waals surface area contributed by atoms with Crippen LogP contribution in [0.25, 0.3) is 0 Å². The molecule has 8 nitrogen and oxygen atoms in total. The summed E-state index contributed by atoms with van der Waals surface area (Å²) < 4.78 is 10.2. The van der Waals surface area contributed by atoms with Crippen molar-refractivity contribution >= 4 is 17.3 Å². The van der Waals surface area contributed by atoms with Gasteiger partial charge in [-0.25, -0.2) is 0 Å². The van der Waals surface area contributed by atoms with Crippen LogP contribution in [0.4, 0.5) is 11.4 Å². The number of nitro benzene ring substituents is 1. The number of ether oxygens (including phenoxy) is 2. The number of nitrogens with zero attached hydrogens (tertiary/aromatic N) is 1. The van der Waals surface area contributed by atoms with Crippen LogP contribution in [0.15, 0.2) is 12.1 Å². The van der Waals surface area contributed by atoms with Crippen LogP contribution >= 0.6 is 0 Å². The van der Waals surface area contributed by atoms with E-state index in [9.17, 15) is 14.9 Å². The zero-order valence-corrected chi connectivity index (χ0v) is 11.8. The Kier molecular flexibility index (Phi) is 4.27. The van der Waals surface area contributed by atoms with Crippen LogP contribution in [-0.2, 0) is 4.79 Å². The molecular weight excluding hydrogens is 278 g/mol. The lowest BCUT2D eigenvalue weighted by Crippen LogP contribution is -2.36. The number of anilines is 1. The van der Waals surface area contributed by atoms with Crippen LogP contribution in [-0.4, -0.2) is 23.7 Å². The van der Waals surface area contributed by atoms with E-state index in [1.54, 1.807) is 0 Å². The first kappa shape index (κ1) is 15.0. The van der Waals surface area contributed by atoms with Crippen LogP contribution in [0, 0.1) is 16.0 Å². The molecule has 1 atom stereocenters. The Balaban J connectivity index is 2.23. The highest BCUT2D eigenvalue weighted by molar-refractivity contribution is 5.97. The van der Waals surface area contributed by atoms with Crippen molar-refractivity contribution < 1.29 is 19.2 Å². The van der Waals surface area contributed by atoms with Crippen LogP contribution in [0.1, 0.15) is 20.3 Å². The van der Waals surface area contributed by atoms with E-state index in [4.69, 9.17) is 15.2 Å². The highest BCUT2D eigenvalue weighted by Gasteiger charge is 2.25. The van der Waals surface area contributed by atoms with Gasteiger partial charge in [0.15, 0.2) is 11.5 Å². The lowest BCUT2D eigenvalue weighted by atomic mass is 10.0. The Morgan fingerprint density at radius 1 is 1.43 bits per heavy atom. The standard InChI is InChI=1S/C13H17N3O5/c1-7(2)3-8(14)13(17)15-9-4-11-12(21-6-20-11)5-10(9)16(18)19/h4-5,7-8H,3,6,14H2,1-2H3,(H,15,17)/t8-/m1/s1. The summed E-state index contributed by atoms with van der Waals surface area (Å²) >= 11 is 0. The molecule has 0 aliphatic carbocycles. The first-order valence-corrected chi connectivity index (χ1v) is 6.53. The average Bonchev–Trinajstić information content (AvgIpc) is 2.83. The van der Waals surface area contributed by atoms with Crippen molar-refractivity contribution in [2.24, 2.45) is 11.7 Å². The summed E-state index contributed by atoms with van der Waals surface area (Å²) in [5, 5.41) is 13.6. The van der Waals surface area contributed by atoms with Gasteiger partial charge >= 0.3 is 0 Å². The minimum atomic E-state index is -0.727. The van der Waals surface area contributed by atoms with E-state index in [1.807, 2.05) is 13.8 Å². The lowest BCUT2D eigenvalue weighted by Gasteiger charge is -2.14. The summed E-state index contributed by atoms with van der Waals surface area (Å²) in [6, 6.07) is 1.88. The van der Waals surface area contributed by atoms with Crippen molar-refractivity contribution in [1.82, 2.24) is 0 Å². The molecule has 8 heteroatoms. The Hall–Kier alpha value is -2.35. The molecule has 0 spiro atoms. The van der Waals surface area contributed by atoms with Crippen LogP contribution < -0.4 is 20.5 Å². The number of hydrogen-bond donors (Lipinski definition) is 2. The first-order valence-electron chi connectivity index (χ1n) is 6.53. The Labute approximate surface area is 121 Å². The topological polar surface area (TPSA) is 117 Å². The van der Waals surface area contributed by atoms with Crippen molar-refractivity contribution in [2.75, 3.05) is 12.1 Å². The van der Waals surface area contributed by atoms with Gasteiger partial charge in [0.2, 0.25) is 12.7 Å². The predicted octanol–water partition coefficient (Wildman–Crippen LogP) is 1.64. The minimum absolute atomic E-state index is 0.00322. The summed E-state index contributed by atoms with van der Waals surface area (Å²) in [5.41, 5.74) is 5.56. The summed E-state index contributed by atoms with van der Waals surface area (Å²) in [6.45, 7) is 3.88. The van der Waals surface area contributed by atoms with E-state index in [0.29, 0.717) is 12.2 Å². The largest absolute Gasteiger partial charge is 0.454 e. The average molecular weight is 295 g/mol. The number of nitrogens with one attached hydrogen (secondary N) is 1. The smallest absolute Gasteiger partial charge is 0.296 e. The molecule has 0 radical (unpaired) electrons. The molecule has 1 aliphatic heterocycles. The summed E-state index contributed by atoms with van der Waals surface area (Å²) in [4.78, 5) is 22.5. The molecule has 1 aliphatic rings. The molecule has 0 saturated carbocycles. The number of hydrogen-bond acceptors (Lipinski definition) is 6. The minimum Gasteiger partial charge on any atom is -0.454 e. The maximum atomic E-state index is 12.0. The Bertz CT molecular complexity index is 573. The summed E-state index contributed by atoms with van der Waals surface area (Å²) in [6.07, 6.45) is 0.490. The van der Waals surface area contributed by atoms with Gasteiger partial charge in [-0.3, -0.25) is 14.9 Å². The molecule has 0 bridgehead atoms. The molecule has 0 fully saturated rings. The molecule has 3 N–H and O–H groups in total. The molecular formula is C13H17N3O5.